The molecule has 4 heterocycles. The van der Waals surface area contributed by atoms with Gasteiger partial charge >= 0.3 is 5.97 Å². The molecule has 9 nitrogen and oxygen atoms in total. The number of aryl methyl sites for hydroxylation is 1. The summed E-state index contributed by atoms with van der Waals surface area (Å²) < 4.78 is 23.0. The minimum Gasteiger partial charge on any atom is -0.492 e. The van der Waals surface area contributed by atoms with Crippen molar-refractivity contribution in [1.82, 2.24) is 24.2 Å². The molecule has 0 bridgehead atoms. The van der Waals surface area contributed by atoms with Gasteiger partial charge in [-0.3, -0.25) is 9.58 Å². The Labute approximate surface area is 242 Å². The van der Waals surface area contributed by atoms with Gasteiger partial charge in [0.2, 0.25) is 0 Å². The number of fused-ring (bicyclic) bond motifs is 2. The number of aliphatic hydroxyl groups is 1. The Hall–Kier alpha value is -3.47. The van der Waals surface area contributed by atoms with E-state index in [-0.39, 0.29) is 19.6 Å². The van der Waals surface area contributed by atoms with Crippen molar-refractivity contribution in [3.05, 3.63) is 64.8 Å². The van der Waals surface area contributed by atoms with E-state index >= 15 is 0 Å². The van der Waals surface area contributed by atoms with Crippen LogP contribution in [0.1, 0.15) is 35.8 Å². The SMILES string of the molecule is Cc1cc(-c2ccc(OCCN3CCC(CO)CC3)cc2)c(Cl)c2nn(C(C(=O)O)c3ncn4c3CC(F)C4)cc12. The zero-order chi connectivity index (χ0) is 28.7. The van der Waals surface area contributed by atoms with Gasteiger partial charge in [0.15, 0.2) is 6.04 Å². The van der Waals surface area contributed by atoms with Crippen LogP contribution in [-0.2, 0) is 17.8 Å². The van der Waals surface area contributed by atoms with E-state index in [0.717, 1.165) is 60.3 Å². The third kappa shape index (κ3) is 5.43. The molecular weight excluding hydrogens is 549 g/mol. The summed E-state index contributed by atoms with van der Waals surface area (Å²) in [5.74, 6) is 0.0648. The second kappa shape index (κ2) is 11.4. The molecule has 0 amide bonds. The van der Waals surface area contributed by atoms with E-state index in [1.54, 1.807) is 10.8 Å². The molecule has 0 spiro atoms. The molecule has 0 saturated carbocycles. The first-order valence-corrected chi connectivity index (χ1v) is 14.3. The number of likely N-dealkylation sites (tertiary alicyclic amines) is 1. The van der Waals surface area contributed by atoms with E-state index in [2.05, 4.69) is 15.0 Å². The predicted octanol–water partition coefficient (Wildman–Crippen LogP) is 4.51. The Balaban J connectivity index is 1.20. The Morgan fingerprint density at radius 1 is 1.24 bits per heavy atom. The van der Waals surface area contributed by atoms with Gasteiger partial charge in [0.25, 0.3) is 0 Å². The van der Waals surface area contributed by atoms with Crippen molar-refractivity contribution < 1.29 is 24.1 Å². The second-order valence-electron chi connectivity index (χ2n) is 11.0. The molecule has 2 aliphatic heterocycles. The molecule has 2 aliphatic rings. The number of alkyl halides is 1. The summed E-state index contributed by atoms with van der Waals surface area (Å²) >= 11 is 6.87. The van der Waals surface area contributed by atoms with Gasteiger partial charge in [-0.15, -0.1) is 0 Å². The lowest BCUT2D eigenvalue weighted by Crippen LogP contribution is -2.37. The number of aliphatic carboxylic acids is 1. The number of hydrogen-bond acceptors (Lipinski definition) is 6. The van der Waals surface area contributed by atoms with Crippen molar-refractivity contribution >= 4 is 28.5 Å². The Morgan fingerprint density at radius 2 is 2.00 bits per heavy atom. The van der Waals surface area contributed by atoms with Crippen LogP contribution in [-0.4, -0.2) is 79.4 Å². The third-order valence-electron chi connectivity index (χ3n) is 8.31. The van der Waals surface area contributed by atoms with Gasteiger partial charge in [-0.25, -0.2) is 14.2 Å². The summed E-state index contributed by atoms with van der Waals surface area (Å²) in [7, 11) is 0. The number of aromatic nitrogens is 4. The highest BCUT2D eigenvalue weighted by atomic mass is 35.5. The van der Waals surface area contributed by atoms with Crippen LogP contribution in [0.2, 0.25) is 5.02 Å². The minimum atomic E-state index is -1.19. The fraction of sp³-hybridized carbons (Fsp3) is 0.433. The maximum absolute atomic E-state index is 14.0. The average Bonchev–Trinajstić information content (AvgIpc) is 3.67. The van der Waals surface area contributed by atoms with Crippen LogP contribution in [0.25, 0.3) is 22.0 Å². The van der Waals surface area contributed by atoms with Crippen molar-refractivity contribution in [2.45, 2.75) is 44.9 Å². The van der Waals surface area contributed by atoms with Crippen molar-refractivity contribution in [2.75, 3.05) is 32.8 Å². The highest BCUT2D eigenvalue weighted by Gasteiger charge is 2.34. The molecule has 0 radical (unpaired) electrons. The maximum atomic E-state index is 14.0. The quantitative estimate of drug-likeness (QED) is 0.299. The fourth-order valence-electron chi connectivity index (χ4n) is 5.96. The predicted molar refractivity (Wildman–Crippen MR) is 153 cm³/mol. The van der Waals surface area contributed by atoms with Crippen LogP contribution in [0.3, 0.4) is 0 Å². The first-order chi connectivity index (χ1) is 19.8. The fourth-order valence-corrected chi connectivity index (χ4v) is 6.26. The highest BCUT2D eigenvalue weighted by Crippen LogP contribution is 2.38. The summed E-state index contributed by atoms with van der Waals surface area (Å²) in [5.41, 5.74) is 3.96. The Morgan fingerprint density at radius 3 is 2.71 bits per heavy atom. The molecule has 1 saturated heterocycles. The van der Waals surface area contributed by atoms with Gasteiger partial charge in [-0.05, 0) is 68.1 Å². The van der Waals surface area contributed by atoms with Crippen LogP contribution in [0, 0.1) is 12.8 Å². The number of carboxylic acids is 1. The van der Waals surface area contributed by atoms with Crippen LogP contribution in [0.5, 0.6) is 5.75 Å². The summed E-state index contributed by atoms with van der Waals surface area (Å²) in [4.78, 5) is 19.1. The number of rotatable bonds is 9. The number of carboxylic acid groups (broad SMARTS) is 1. The number of aliphatic hydroxyl groups excluding tert-OH is 1. The monoisotopic (exact) mass is 581 g/mol. The van der Waals surface area contributed by atoms with Crippen molar-refractivity contribution in [3.63, 3.8) is 0 Å². The normalized spacial score (nSPS) is 18.6. The first-order valence-electron chi connectivity index (χ1n) is 14.0. The molecule has 2 atom stereocenters. The number of halogens is 2. The molecule has 4 aromatic rings. The molecular formula is C30H33ClFN5O4. The van der Waals surface area contributed by atoms with Gasteiger partial charge in [0.05, 0.1) is 23.6 Å². The van der Waals surface area contributed by atoms with Gasteiger partial charge in [-0.2, -0.15) is 5.10 Å². The number of nitrogens with zero attached hydrogens (tertiary/aromatic N) is 5. The summed E-state index contributed by atoms with van der Waals surface area (Å²) in [6.45, 7) is 5.79. The molecule has 6 rings (SSSR count). The van der Waals surface area contributed by atoms with Gasteiger partial charge in [0, 0.05) is 42.4 Å². The number of carbonyl (C=O) groups is 1. The molecule has 41 heavy (non-hydrogen) atoms. The number of benzene rings is 2. The molecule has 0 aliphatic carbocycles. The van der Waals surface area contributed by atoms with Crippen molar-refractivity contribution in [3.8, 4) is 16.9 Å². The van der Waals surface area contributed by atoms with Crippen LogP contribution in [0.15, 0.2) is 42.9 Å². The summed E-state index contributed by atoms with van der Waals surface area (Å²) in [6.07, 6.45) is 4.30. The van der Waals surface area contributed by atoms with Crippen molar-refractivity contribution in [2.24, 2.45) is 5.92 Å². The molecule has 1 fully saturated rings. The van der Waals surface area contributed by atoms with Crippen LogP contribution < -0.4 is 4.74 Å². The van der Waals surface area contributed by atoms with E-state index < -0.39 is 18.2 Å². The van der Waals surface area contributed by atoms with Crippen LogP contribution in [0.4, 0.5) is 4.39 Å². The summed E-state index contributed by atoms with van der Waals surface area (Å²) in [6, 6.07) is 8.51. The topological polar surface area (TPSA) is 106 Å². The largest absolute Gasteiger partial charge is 0.492 e. The van der Waals surface area contributed by atoms with E-state index in [0.29, 0.717) is 34.5 Å². The molecule has 2 aromatic heterocycles. The molecule has 2 unspecified atom stereocenters. The zero-order valence-corrected chi connectivity index (χ0v) is 23.6. The second-order valence-corrected chi connectivity index (χ2v) is 11.4. The smallest absolute Gasteiger partial charge is 0.334 e. The van der Waals surface area contributed by atoms with E-state index in [9.17, 15) is 19.4 Å². The zero-order valence-electron chi connectivity index (χ0n) is 22.8. The third-order valence-corrected chi connectivity index (χ3v) is 8.70. The van der Waals surface area contributed by atoms with Gasteiger partial charge < -0.3 is 19.5 Å². The lowest BCUT2D eigenvalue weighted by molar-refractivity contribution is -0.139. The number of hydrogen-bond donors (Lipinski definition) is 2. The highest BCUT2D eigenvalue weighted by molar-refractivity contribution is 6.38. The molecule has 11 heteroatoms. The lowest BCUT2D eigenvalue weighted by atomic mass is 9.98. The van der Waals surface area contributed by atoms with Gasteiger partial charge in [-0.1, -0.05) is 23.7 Å². The van der Waals surface area contributed by atoms with E-state index in [1.807, 2.05) is 37.3 Å². The van der Waals surface area contributed by atoms with Gasteiger partial charge in [0.1, 0.15) is 24.0 Å². The Kier molecular flexibility index (Phi) is 7.72. The van der Waals surface area contributed by atoms with Crippen molar-refractivity contribution in [1.29, 1.82) is 0 Å². The standard InChI is InChI=1S/C30H33ClFN5O4/c1-18-12-23(20-2-4-22(5-3-20)41-11-10-35-8-6-19(16-38)7-9-35)26(31)27-24(18)15-37(34-27)29(30(39)40)28-25-13-21(32)14-36(25)17-33-28/h2-5,12,15,17,19,21,29,38H,6-11,13-14,16H2,1H3,(H,39,40). The minimum absolute atomic E-state index is 0.132. The number of imidazole rings is 1. The Bertz CT molecular complexity index is 1560. The molecule has 2 N–H and O–H groups in total. The van der Waals surface area contributed by atoms with Crippen LogP contribution >= 0.6 is 11.6 Å². The number of ether oxygens (including phenoxy) is 1. The molecule has 216 valence electrons. The maximum Gasteiger partial charge on any atom is 0.334 e. The average molecular weight is 582 g/mol. The molecule has 2 aromatic carbocycles. The summed E-state index contributed by atoms with van der Waals surface area (Å²) in [5, 5.41) is 25.2. The van der Waals surface area contributed by atoms with E-state index in [1.165, 1.54) is 11.0 Å². The first kappa shape index (κ1) is 27.7. The van der Waals surface area contributed by atoms with E-state index in [4.69, 9.17) is 16.3 Å². The lowest BCUT2D eigenvalue weighted by Gasteiger charge is -2.30. The number of piperidine rings is 1.